The van der Waals surface area contributed by atoms with Gasteiger partial charge in [0.05, 0.1) is 6.07 Å². The Labute approximate surface area is 92.6 Å². The van der Waals surface area contributed by atoms with Gasteiger partial charge in [0.1, 0.15) is 5.82 Å². The standard InChI is InChI=1S/C12H12N2O2/c1-7-4-3-5-8(2)11(7)12-13-9(15)6-10(16)14-12/h3-6H,1-2H3,(H2,13,14,15,16). The van der Waals surface area contributed by atoms with E-state index >= 15 is 0 Å². The van der Waals surface area contributed by atoms with Crippen LogP contribution in [0.15, 0.2) is 29.1 Å². The first-order valence-corrected chi connectivity index (χ1v) is 4.95. The van der Waals surface area contributed by atoms with Crippen LogP contribution in [0.4, 0.5) is 0 Å². The van der Waals surface area contributed by atoms with Crippen LogP contribution in [-0.4, -0.2) is 15.1 Å². The van der Waals surface area contributed by atoms with E-state index in [9.17, 15) is 9.90 Å². The molecular weight excluding hydrogens is 204 g/mol. The van der Waals surface area contributed by atoms with E-state index in [4.69, 9.17) is 0 Å². The molecule has 4 heteroatoms. The van der Waals surface area contributed by atoms with Crippen LogP contribution in [0.1, 0.15) is 11.1 Å². The number of aromatic amines is 1. The van der Waals surface area contributed by atoms with E-state index in [0.717, 1.165) is 22.8 Å². The third-order valence-electron chi connectivity index (χ3n) is 2.45. The molecule has 0 spiro atoms. The smallest absolute Gasteiger partial charge is 0.254 e. The van der Waals surface area contributed by atoms with E-state index < -0.39 is 0 Å². The number of hydrogen-bond donors (Lipinski definition) is 2. The van der Waals surface area contributed by atoms with E-state index in [1.54, 1.807) is 0 Å². The fraction of sp³-hybridized carbons (Fsp3) is 0.167. The molecule has 0 aliphatic carbocycles. The minimum Gasteiger partial charge on any atom is -0.493 e. The molecule has 16 heavy (non-hydrogen) atoms. The SMILES string of the molecule is Cc1cccc(C)c1-c1nc(O)cc(=O)[nH]1. The second kappa shape index (κ2) is 3.81. The van der Waals surface area contributed by atoms with Gasteiger partial charge in [-0.25, -0.2) is 0 Å². The summed E-state index contributed by atoms with van der Waals surface area (Å²) in [5.41, 5.74) is 2.52. The highest BCUT2D eigenvalue weighted by Gasteiger charge is 2.08. The number of hydrogen-bond acceptors (Lipinski definition) is 3. The molecule has 1 aromatic carbocycles. The number of benzene rings is 1. The lowest BCUT2D eigenvalue weighted by Crippen LogP contribution is -2.07. The molecule has 0 fully saturated rings. The highest BCUT2D eigenvalue weighted by Crippen LogP contribution is 2.23. The van der Waals surface area contributed by atoms with Gasteiger partial charge in [-0.1, -0.05) is 18.2 Å². The Morgan fingerprint density at radius 1 is 1.25 bits per heavy atom. The molecular formula is C12H12N2O2. The van der Waals surface area contributed by atoms with Crippen molar-refractivity contribution in [2.24, 2.45) is 0 Å². The van der Waals surface area contributed by atoms with Gasteiger partial charge < -0.3 is 10.1 Å². The highest BCUT2D eigenvalue weighted by molar-refractivity contribution is 5.64. The molecule has 0 amide bonds. The van der Waals surface area contributed by atoms with Crippen molar-refractivity contribution in [1.82, 2.24) is 9.97 Å². The summed E-state index contributed by atoms with van der Waals surface area (Å²) in [6, 6.07) is 6.87. The maximum atomic E-state index is 11.3. The Hall–Kier alpha value is -2.10. The number of nitrogens with zero attached hydrogens (tertiary/aromatic N) is 1. The van der Waals surface area contributed by atoms with E-state index in [-0.39, 0.29) is 11.4 Å². The topological polar surface area (TPSA) is 66.0 Å². The second-order valence-corrected chi connectivity index (χ2v) is 3.72. The summed E-state index contributed by atoms with van der Waals surface area (Å²) in [5.74, 6) is 0.141. The van der Waals surface area contributed by atoms with Gasteiger partial charge in [0.2, 0.25) is 5.88 Å². The van der Waals surface area contributed by atoms with Gasteiger partial charge in [-0.15, -0.1) is 0 Å². The Morgan fingerprint density at radius 2 is 1.88 bits per heavy atom. The lowest BCUT2D eigenvalue weighted by molar-refractivity contribution is 0.452. The molecule has 0 saturated heterocycles. The Bertz CT molecular complexity index is 568. The molecule has 2 aromatic rings. The third-order valence-corrected chi connectivity index (χ3v) is 2.45. The minimum atomic E-state index is -0.356. The summed E-state index contributed by atoms with van der Waals surface area (Å²) in [6.07, 6.45) is 0. The fourth-order valence-electron chi connectivity index (χ4n) is 1.75. The van der Waals surface area contributed by atoms with E-state index in [2.05, 4.69) is 9.97 Å². The summed E-state index contributed by atoms with van der Waals surface area (Å²) in [7, 11) is 0. The maximum absolute atomic E-state index is 11.3. The quantitative estimate of drug-likeness (QED) is 0.763. The van der Waals surface area contributed by atoms with Crippen molar-refractivity contribution in [3.8, 4) is 17.3 Å². The highest BCUT2D eigenvalue weighted by atomic mass is 16.3. The van der Waals surface area contributed by atoms with Crippen LogP contribution >= 0.6 is 0 Å². The van der Waals surface area contributed by atoms with Crippen LogP contribution in [0.3, 0.4) is 0 Å². The van der Waals surface area contributed by atoms with Gasteiger partial charge in [0, 0.05) is 5.56 Å². The van der Waals surface area contributed by atoms with Gasteiger partial charge in [-0.2, -0.15) is 4.98 Å². The van der Waals surface area contributed by atoms with Gasteiger partial charge >= 0.3 is 0 Å². The van der Waals surface area contributed by atoms with Crippen LogP contribution in [0.2, 0.25) is 0 Å². The van der Waals surface area contributed by atoms with E-state index in [1.165, 1.54) is 0 Å². The summed E-state index contributed by atoms with van der Waals surface area (Å²) >= 11 is 0. The van der Waals surface area contributed by atoms with Crippen molar-refractivity contribution < 1.29 is 5.11 Å². The van der Waals surface area contributed by atoms with Gasteiger partial charge in [0.25, 0.3) is 5.56 Å². The first-order valence-electron chi connectivity index (χ1n) is 4.95. The summed E-state index contributed by atoms with van der Waals surface area (Å²) < 4.78 is 0. The number of H-pyrrole nitrogens is 1. The Balaban J connectivity index is 2.72. The summed E-state index contributed by atoms with van der Waals surface area (Å²) in [4.78, 5) is 17.8. The maximum Gasteiger partial charge on any atom is 0.254 e. The average Bonchev–Trinajstić information content (AvgIpc) is 2.15. The van der Waals surface area contributed by atoms with Crippen molar-refractivity contribution in [2.45, 2.75) is 13.8 Å². The first-order chi connectivity index (χ1) is 7.58. The van der Waals surface area contributed by atoms with Gasteiger partial charge in [0.15, 0.2) is 0 Å². The molecule has 0 atom stereocenters. The third kappa shape index (κ3) is 1.82. The van der Waals surface area contributed by atoms with Gasteiger partial charge in [-0.05, 0) is 25.0 Å². The van der Waals surface area contributed by atoms with Crippen LogP contribution in [0.5, 0.6) is 5.88 Å². The normalized spacial score (nSPS) is 10.4. The number of nitrogens with one attached hydrogen (secondary N) is 1. The summed E-state index contributed by atoms with van der Waals surface area (Å²) in [6.45, 7) is 3.87. The van der Waals surface area contributed by atoms with Crippen molar-refractivity contribution in [1.29, 1.82) is 0 Å². The van der Waals surface area contributed by atoms with Crippen molar-refractivity contribution in [3.05, 3.63) is 45.7 Å². The van der Waals surface area contributed by atoms with Crippen LogP contribution in [0.25, 0.3) is 11.4 Å². The number of aromatic hydroxyl groups is 1. The zero-order valence-electron chi connectivity index (χ0n) is 9.11. The molecule has 2 rings (SSSR count). The fourth-order valence-corrected chi connectivity index (χ4v) is 1.75. The average molecular weight is 216 g/mol. The van der Waals surface area contributed by atoms with Crippen molar-refractivity contribution in [2.75, 3.05) is 0 Å². The largest absolute Gasteiger partial charge is 0.493 e. The predicted octanol–water partition coefficient (Wildman–Crippen LogP) is 1.76. The van der Waals surface area contributed by atoms with E-state index in [0.29, 0.717) is 5.82 Å². The van der Waals surface area contributed by atoms with Crippen LogP contribution in [0, 0.1) is 13.8 Å². The number of aryl methyl sites for hydroxylation is 2. The van der Waals surface area contributed by atoms with Crippen LogP contribution < -0.4 is 5.56 Å². The number of aromatic nitrogens is 2. The number of rotatable bonds is 1. The molecule has 0 bridgehead atoms. The lowest BCUT2D eigenvalue weighted by atomic mass is 10.0. The molecule has 4 nitrogen and oxygen atoms in total. The molecule has 82 valence electrons. The molecule has 1 aromatic heterocycles. The molecule has 1 heterocycles. The summed E-state index contributed by atoms with van der Waals surface area (Å²) in [5, 5.41) is 9.31. The molecule has 2 N–H and O–H groups in total. The molecule has 0 unspecified atom stereocenters. The first kappa shape index (κ1) is 10.4. The molecule has 0 aliphatic rings. The molecule has 0 saturated carbocycles. The van der Waals surface area contributed by atoms with Crippen molar-refractivity contribution >= 4 is 0 Å². The lowest BCUT2D eigenvalue weighted by Gasteiger charge is -2.08. The Morgan fingerprint density at radius 3 is 2.44 bits per heavy atom. The predicted molar refractivity (Wildman–Crippen MR) is 61.4 cm³/mol. The molecule has 0 radical (unpaired) electrons. The van der Waals surface area contributed by atoms with Crippen molar-refractivity contribution in [3.63, 3.8) is 0 Å². The van der Waals surface area contributed by atoms with Crippen LogP contribution in [-0.2, 0) is 0 Å². The molecule has 0 aliphatic heterocycles. The zero-order chi connectivity index (χ0) is 11.7. The minimum absolute atomic E-state index is 0.263. The van der Waals surface area contributed by atoms with E-state index in [1.807, 2.05) is 32.0 Å². The Kier molecular flexibility index (Phi) is 2.48. The second-order valence-electron chi connectivity index (χ2n) is 3.72. The zero-order valence-corrected chi connectivity index (χ0v) is 9.11. The van der Waals surface area contributed by atoms with Gasteiger partial charge in [-0.3, -0.25) is 4.79 Å². The monoisotopic (exact) mass is 216 g/mol.